The van der Waals surface area contributed by atoms with Crippen LogP contribution in [-0.4, -0.2) is 68.8 Å². The zero-order valence-corrected chi connectivity index (χ0v) is 17.3. The summed E-state index contributed by atoms with van der Waals surface area (Å²) in [5.41, 5.74) is 0.352. The number of anilines is 1. The molecule has 158 valence electrons. The average Bonchev–Trinajstić information content (AvgIpc) is 3.13. The molecule has 8 nitrogen and oxygen atoms in total. The molecule has 0 unspecified atom stereocenters. The molecule has 2 saturated heterocycles. The summed E-state index contributed by atoms with van der Waals surface area (Å²) in [6.45, 7) is 2.17. The minimum atomic E-state index is -3.62. The molecule has 0 aromatic heterocycles. The van der Waals surface area contributed by atoms with E-state index in [1.807, 2.05) is 0 Å². The normalized spacial score (nSPS) is 20.9. The third-order valence-corrected chi connectivity index (χ3v) is 7.72. The topological polar surface area (TPSA) is 87.2 Å². The summed E-state index contributed by atoms with van der Waals surface area (Å²) in [6, 6.07) is 4.56. The van der Waals surface area contributed by atoms with Crippen molar-refractivity contribution in [2.24, 2.45) is 0 Å². The first-order valence-corrected chi connectivity index (χ1v) is 11.8. The first-order chi connectivity index (χ1) is 14.0. The van der Waals surface area contributed by atoms with Crippen molar-refractivity contribution >= 4 is 27.5 Å². The zero-order chi connectivity index (χ0) is 20.4. The van der Waals surface area contributed by atoms with Crippen molar-refractivity contribution in [2.45, 2.75) is 43.4 Å². The van der Waals surface area contributed by atoms with Gasteiger partial charge in [0, 0.05) is 26.2 Å². The van der Waals surface area contributed by atoms with Gasteiger partial charge < -0.3 is 9.64 Å². The van der Waals surface area contributed by atoms with Gasteiger partial charge in [-0.1, -0.05) is 12.8 Å². The number of nitrogens with zero attached hydrogens (tertiary/aromatic N) is 3. The second-order valence-corrected chi connectivity index (χ2v) is 9.74. The number of rotatable bonds is 4. The Labute approximate surface area is 171 Å². The van der Waals surface area contributed by atoms with Crippen molar-refractivity contribution in [1.82, 2.24) is 9.21 Å². The quantitative estimate of drug-likeness (QED) is 0.737. The number of likely N-dealkylation sites (tertiary alicyclic amines) is 1. The van der Waals surface area contributed by atoms with E-state index in [2.05, 4.69) is 0 Å². The molecule has 9 heteroatoms. The lowest BCUT2D eigenvalue weighted by Crippen LogP contribution is -2.46. The molecule has 3 heterocycles. The largest absolute Gasteiger partial charge is 0.482 e. The van der Waals surface area contributed by atoms with Gasteiger partial charge >= 0.3 is 0 Å². The lowest BCUT2D eigenvalue weighted by atomic mass is 10.2. The molecule has 0 bridgehead atoms. The van der Waals surface area contributed by atoms with Gasteiger partial charge in [0.15, 0.2) is 6.61 Å². The highest BCUT2D eigenvalue weighted by molar-refractivity contribution is 7.89. The Morgan fingerprint density at radius 1 is 0.966 bits per heavy atom. The van der Waals surface area contributed by atoms with Crippen LogP contribution in [-0.2, 0) is 19.6 Å². The maximum absolute atomic E-state index is 12.9. The van der Waals surface area contributed by atoms with E-state index in [9.17, 15) is 18.0 Å². The summed E-state index contributed by atoms with van der Waals surface area (Å²) in [5, 5.41) is 0. The second-order valence-electron chi connectivity index (χ2n) is 7.80. The number of hydrogen-bond acceptors (Lipinski definition) is 5. The molecule has 0 aliphatic carbocycles. The van der Waals surface area contributed by atoms with Crippen LogP contribution in [0.15, 0.2) is 23.1 Å². The van der Waals surface area contributed by atoms with Crippen molar-refractivity contribution in [3.63, 3.8) is 0 Å². The molecule has 0 radical (unpaired) electrons. The van der Waals surface area contributed by atoms with Gasteiger partial charge in [-0.3, -0.25) is 14.5 Å². The number of sulfonamides is 1. The summed E-state index contributed by atoms with van der Waals surface area (Å²) in [6.07, 6.45) is 5.86. The number of carbonyl (C=O) groups excluding carboxylic acids is 2. The van der Waals surface area contributed by atoms with Crippen molar-refractivity contribution < 1.29 is 22.7 Å². The fourth-order valence-electron chi connectivity index (χ4n) is 4.15. The summed E-state index contributed by atoms with van der Waals surface area (Å²) in [7, 11) is -3.62. The van der Waals surface area contributed by atoms with Crippen LogP contribution in [0.25, 0.3) is 0 Å². The van der Waals surface area contributed by atoms with Crippen LogP contribution >= 0.6 is 0 Å². The smallest absolute Gasteiger partial charge is 0.265 e. The average molecular weight is 422 g/mol. The van der Waals surface area contributed by atoms with Gasteiger partial charge in [0.05, 0.1) is 10.6 Å². The second kappa shape index (κ2) is 8.31. The van der Waals surface area contributed by atoms with Crippen molar-refractivity contribution in [1.29, 1.82) is 0 Å². The van der Waals surface area contributed by atoms with E-state index in [0.29, 0.717) is 37.6 Å². The number of carbonyl (C=O) groups is 2. The molecular formula is C20H27N3O5S. The molecule has 1 aromatic carbocycles. The van der Waals surface area contributed by atoms with Crippen LogP contribution in [0.2, 0.25) is 0 Å². The molecule has 2 fully saturated rings. The van der Waals surface area contributed by atoms with Gasteiger partial charge in [0.2, 0.25) is 15.9 Å². The molecule has 3 aliphatic heterocycles. The highest BCUT2D eigenvalue weighted by Crippen LogP contribution is 2.35. The van der Waals surface area contributed by atoms with Crippen LogP contribution in [0, 0.1) is 0 Å². The molecule has 0 N–H and O–H groups in total. The predicted molar refractivity (Wildman–Crippen MR) is 107 cm³/mol. The lowest BCUT2D eigenvalue weighted by molar-refractivity contribution is -0.132. The monoisotopic (exact) mass is 421 g/mol. The predicted octanol–water partition coefficient (Wildman–Crippen LogP) is 1.60. The molecule has 2 amide bonds. The van der Waals surface area contributed by atoms with Crippen molar-refractivity contribution in [3.05, 3.63) is 18.2 Å². The fourth-order valence-corrected chi connectivity index (χ4v) is 5.69. The van der Waals surface area contributed by atoms with Gasteiger partial charge in [-0.05, 0) is 43.9 Å². The van der Waals surface area contributed by atoms with Crippen LogP contribution in [0.1, 0.15) is 38.5 Å². The molecule has 3 aliphatic rings. The Balaban J connectivity index is 1.60. The van der Waals surface area contributed by atoms with Crippen LogP contribution in [0.5, 0.6) is 5.75 Å². The zero-order valence-electron chi connectivity index (χ0n) is 16.5. The number of benzene rings is 1. The number of ether oxygens (including phenoxy) is 1. The standard InChI is InChI=1S/C20H27N3O5S/c24-19(21-9-3-1-2-4-10-21)14-23-17-13-16(7-8-18(17)28-15-20(23)25)29(26,27)22-11-5-6-12-22/h7-8,13H,1-6,9-12,14-15H2. The van der Waals surface area contributed by atoms with E-state index in [1.165, 1.54) is 21.3 Å². The molecule has 1 aromatic rings. The molecule has 0 spiro atoms. The van der Waals surface area contributed by atoms with E-state index in [4.69, 9.17) is 4.74 Å². The summed E-state index contributed by atoms with van der Waals surface area (Å²) in [4.78, 5) is 28.7. The van der Waals surface area contributed by atoms with Gasteiger partial charge in [-0.15, -0.1) is 0 Å². The van der Waals surface area contributed by atoms with E-state index >= 15 is 0 Å². The Hall–Kier alpha value is -2.13. The summed E-state index contributed by atoms with van der Waals surface area (Å²) in [5.74, 6) is -0.0223. The van der Waals surface area contributed by atoms with E-state index in [-0.39, 0.29) is 29.9 Å². The first kappa shape index (κ1) is 20.2. The van der Waals surface area contributed by atoms with Gasteiger partial charge in [-0.25, -0.2) is 8.42 Å². The van der Waals surface area contributed by atoms with Gasteiger partial charge in [-0.2, -0.15) is 4.31 Å². The Morgan fingerprint density at radius 2 is 1.62 bits per heavy atom. The lowest BCUT2D eigenvalue weighted by Gasteiger charge is -2.31. The van der Waals surface area contributed by atoms with E-state index < -0.39 is 10.0 Å². The van der Waals surface area contributed by atoms with Gasteiger partial charge in [0.25, 0.3) is 5.91 Å². The van der Waals surface area contributed by atoms with Crippen molar-refractivity contribution in [3.8, 4) is 5.75 Å². The van der Waals surface area contributed by atoms with E-state index in [0.717, 1.165) is 38.5 Å². The Morgan fingerprint density at radius 3 is 2.31 bits per heavy atom. The molecule has 0 saturated carbocycles. The van der Waals surface area contributed by atoms with E-state index in [1.54, 1.807) is 11.0 Å². The fraction of sp³-hybridized carbons (Fsp3) is 0.600. The minimum absolute atomic E-state index is 0.0948. The highest BCUT2D eigenvalue weighted by atomic mass is 32.2. The summed E-state index contributed by atoms with van der Waals surface area (Å²) < 4.78 is 32.8. The number of fused-ring (bicyclic) bond motifs is 1. The summed E-state index contributed by atoms with van der Waals surface area (Å²) >= 11 is 0. The molecule has 4 rings (SSSR count). The third kappa shape index (κ3) is 4.11. The highest BCUT2D eigenvalue weighted by Gasteiger charge is 2.33. The van der Waals surface area contributed by atoms with Crippen LogP contribution < -0.4 is 9.64 Å². The van der Waals surface area contributed by atoms with Crippen LogP contribution in [0.4, 0.5) is 5.69 Å². The van der Waals surface area contributed by atoms with Crippen molar-refractivity contribution in [2.75, 3.05) is 44.2 Å². The maximum atomic E-state index is 12.9. The number of hydrogen-bond donors (Lipinski definition) is 0. The Kier molecular flexibility index (Phi) is 5.78. The molecule has 29 heavy (non-hydrogen) atoms. The van der Waals surface area contributed by atoms with Gasteiger partial charge in [0.1, 0.15) is 12.3 Å². The maximum Gasteiger partial charge on any atom is 0.265 e. The number of amides is 2. The van der Waals surface area contributed by atoms with Crippen LogP contribution in [0.3, 0.4) is 0 Å². The SMILES string of the molecule is O=C(CN1C(=O)COc2ccc(S(=O)(=O)N3CCCC3)cc21)N1CCCCCC1. The minimum Gasteiger partial charge on any atom is -0.482 e. The third-order valence-electron chi connectivity index (χ3n) is 5.83. The first-order valence-electron chi connectivity index (χ1n) is 10.3. The Bertz CT molecular complexity index is 887. The molecular weight excluding hydrogens is 394 g/mol. The molecule has 0 atom stereocenters.